The Balaban J connectivity index is 1.31. The molecule has 1 fully saturated rings. The lowest BCUT2D eigenvalue weighted by Gasteiger charge is -2.13. The van der Waals surface area contributed by atoms with E-state index in [0.29, 0.717) is 17.8 Å². The number of anilines is 2. The van der Waals surface area contributed by atoms with Crippen molar-refractivity contribution in [1.29, 1.82) is 5.26 Å². The van der Waals surface area contributed by atoms with E-state index in [1.54, 1.807) is 0 Å². The van der Waals surface area contributed by atoms with Crippen LogP contribution in [0.25, 0.3) is 0 Å². The molecule has 5 rings (SSSR count). The topological polar surface area (TPSA) is 98.5 Å². The quantitative estimate of drug-likeness (QED) is 0.749. The molecular formula is C21H19N5O2. The predicted octanol–water partition coefficient (Wildman–Crippen LogP) is 2.85. The van der Waals surface area contributed by atoms with Crippen LogP contribution in [0.1, 0.15) is 41.3 Å². The molecule has 0 radical (unpaired) electrons. The SMILES string of the molecule is N#Cc1cc(C2NC(c3ccc4c(c3)CC(=O)N4)=NO2)ccc1NCC1CC1. The fourth-order valence-corrected chi connectivity index (χ4v) is 3.49. The van der Waals surface area contributed by atoms with E-state index in [2.05, 4.69) is 27.2 Å². The summed E-state index contributed by atoms with van der Waals surface area (Å²) in [5.41, 5.74) is 4.95. The fraction of sp³-hybridized carbons (Fsp3) is 0.286. The molecule has 1 saturated carbocycles. The fourth-order valence-electron chi connectivity index (χ4n) is 3.49. The number of nitrogens with zero attached hydrogens (tertiary/aromatic N) is 2. The van der Waals surface area contributed by atoms with Gasteiger partial charge in [0.2, 0.25) is 12.1 Å². The van der Waals surface area contributed by atoms with Crippen LogP contribution in [0.4, 0.5) is 11.4 Å². The van der Waals surface area contributed by atoms with Gasteiger partial charge in [-0.15, -0.1) is 0 Å². The minimum atomic E-state index is -0.451. The van der Waals surface area contributed by atoms with Gasteiger partial charge in [0.25, 0.3) is 0 Å². The van der Waals surface area contributed by atoms with Crippen LogP contribution in [0.3, 0.4) is 0 Å². The molecule has 0 aromatic heterocycles. The Morgan fingerprint density at radius 2 is 2.14 bits per heavy atom. The maximum absolute atomic E-state index is 11.5. The number of amides is 1. The minimum Gasteiger partial charge on any atom is -0.384 e. The number of benzene rings is 2. The lowest BCUT2D eigenvalue weighted by molar-refractivity contribution is -0.115. The molecular weight excluding hydrogens is 354 g/mol. The number of hydrogen-bond acceptors (Lipinski definition) is 6. The summed E-state index contributed by atoms with van der Waals surface area (Å²) < 4.78 is 0. The lowest BCUT2D eigenvalue weighted by atomic mass is 10.1. The number of hydrogen-bond donors (Lipinski definition) is 3. The van der Waals surface area contributed by atoms with E-state index in [-0.39, 0.29) is 5.91 Å². The maximum atomic E-state index is 11.5. The standard InChI is InChI=1S/C21H19N5O2/c22-10-16-8-14(4-5-17(16)23-11-12-1-2-12)21-25-20(26-28-21)13-3-6-18-15(7-13)9-19(27)24-18/h3-8,12,21,23H,1-2,9,11H2,(H,24,27)(H,25,26). The van der Waals surface area contributed by atoms with Gasteiger partial charge < -0.3 is 20.8 Å². The van der Waals surface area contributed by atoms with Crippen molar-refractivity contribution in [3.05, 3.63) is 58.7 Å². The molecule has 2 aromatic rings. The van der Waals surface area contributed by atoms with Gasteiger partial charge in [-0.2, -0.15) is 5.26 Å². The molecule has 3 aliphatic rings. The molecule has 0 saturated heterocycles. The van der Waals surface area contributed by atoms with E-state index < -0.39 is 6.23 Å². The van der Waals surface area contributed by atoms with Gasteiger partial charge in [-0.05, 0) is 54.7 Å². The smallest absolute Gasteiger partial charge is 0.228 e. The summed E-state index contributed by atoms with van der Waals surface area (Å²) in [6, 6.07) is 13.7. The Bertz CT molecular complexity index is 1040. The molecule has 2 aromatic carbocycles. The van der Waals surface area contributed by atoms with Gasteiger partial charge in [-0.1, -0.05) is 11.2 Å². The second kappa shape index (κ2) is 6.57. The molecule has 140 valence electrons. The molecule has 0 spiro atoms. The number of fused-ring (bicyclic) bond motifs is 1. The summed E-state index contributed by atoms with van der Waals surface area (Å²) in [7, 11) is 0. The van der Waals surface area contributed by atoms with Gasteiger partial charge in [-0.25, -0.2) is 0 Å². The van der Waals surface area contributed by atoms with Crippen LogP contribution in [0, 0.1) is 17.2 Å². The lowest BCUT2D eigenvalue weighted by Crippen LogP contribution is -2.23. The Hall–Kier alpha value is -3.53. The number of nitrogens with one attached hydrogen (secondary N) is 3. The Morgan fingerprint density at radius 1 is 1.25 bits per heavy atom. The maximum Gasteiger partial charge on any atom is 0.228 e. The van der Waals surface area contributed by atoms with Crippen LogP contribution in [0.2, 0.25) is 0 Å². The molecule has 28 heavy (non-hydrogen) atoms. The predicted molar refractivity (Wildman–Crippen MR) is 105 cm³/mol. The number of oxime groups is 1. The number of nitriles is 1. The molecule has 7 heteroatoms. The van der Waals surface area contributed by atoms with Gasteiger partial charge in [-0.3, -0.25) is 4.79 Å². The number of carbonyl (C=O) groups is 1. The van der Waals surface area contributed by atoms with Gasteiger partial charge in [0, 0.05) is 23.4 Å². The molecule has 1 amide bonds. The summed E-state index contributed by atoms with van der Waals surface area (Å²) in [6.45, 7) is 0.912. The second-order valence-electron chi connectivity index (χ2n) is 7.41. The highest BCUT2D eigenvalue weighted by molar-refractivity contribution is 6.03. The van der Waals surface area contributed by atoms with Crippen LogP contribution in [-0.2, 0) is 16.1 Å². The number of amidine groups is 1. The first kappa shape index (κ1) is 16.6. The van der Waals surface area contributed by atoms with Crippen LogP contribution < -0.4 is 16.0 Å². The summed E-state index contributed by atoms with van der Waals surface area (Å²) in [4.78, 5) is 17.1. The van der Waals surface area contributed by atoms with E-state index in [1.165, 1.54) is 12.8 Å². The van der Waals surface area contributed by atoms with E-state index >= 15 is 0 Å². The van der Waals surface area contributed by atoms with Gasteiger partial charge >= 0.3 is 0 Å². The third-order valence-electron chi connectivity index (χ3n) is 5.27. The number of carbonyl (C=O) groups excluding carboxylic acids is 1. The van der Waals surface area contributed by atoms with E-state index in [0.717, 1.165) is 40.5 Å². The van der Waals surface area contributed by atoms with Gasteiger partial charge in [0.15, 0.2) is 5.84 Å². The van der Waals surface area contributed by atoms with E-state index in [4.69, 9.17) is 4.84 Å². The summed E-state index contributed by atoms with van der Waals surface area (Å²) >= 11 is 0. The molecule has 2 heterocycles. The monoisotopic (exact) mass is 373 g/mol. The van der Waals surface area contributed by atoms with Crippen molar-refractivity contribution >= 4 is 23.1 Å². The highest BCUT2D eigenvalue weighted by Gasteiger charge is 2.26. The van der Waals surface area contributed by atoms with Gasteiger partial charge in [0.05, 0.1) is 17.7 Å². The zero-order valence-corrected chi connectivity index (χ0v) is 15.2. The molecule has 1 aliphatic carbocycles. The molecule has 7 nitrogen and oxygen atoms in total. The second-order valence-corrected chi connectivity index (χ2v) is 7.41. The van der Waals surface area contributed by atoms with Crippen LogP contribution >= 0.6 is 0 Å². The molecule has 2 aliphatic heterocycles. The first-order chi connectivity index (χ1) is 13.7. The van der Waals surface area contributed by atoms with Crippen molar-refractivity contribution in [3.63, 3.8) is 0 Å². The average Bonchev–Trinajstić information content (AvgIpc) is 3.26. The van der Waals surface area contributed by atoms with E-state index in [9.17, 15) is 10.1 Å². The zero-order valence-electron chi connectivity index (χ0n) is 15.2. The Morgan fingerprint density at radius 3 is 2.96 bits per heavy atom. The molecule has 1 atom stereocenters. The summed E-state index contributed by atoms with van der Waals surface area (Å²) in [6.07, 6.45) is 2.45. The largest absolute Gasteiger partial charge is 0.384 e. The molecule has 1 unspecified atom stereocenters. The van der Waals surface area contributed by atoms with Crippen molar-refractivity contribution in [2.45, 2.75) is 25.5 Å². The highest BCUT2D eigenvalue weighted by atomic mass is 16.7. The van der Waals surface area contributed by atoms with Gasteiger partial charge in [0.1, 0.15) is 6.07 Å². The van der Waals surface area contributed by atoms with Crippen molar-refractivity contribution < 1.29 is 9.63 Å². The highest BCUT2D eigenvalue weighted by Crippen LogP contribution is 2.31. The minimum absolute atomic E-state index is 0.00186. The average molecular weight is 373 g/mol. The molecule has 3 N–H and O–H groups in total. The summed E-state index contributed by atoms with van der Waals surface area (Å²) in [5, 5.41) is 23.1. The first-order valence-electron chi connectivity index (χ1n) is 9.41. The van der Waals surface area contributed by atoms with Crippen molar-refractivity contribution in [1.82, 2.24) is 5.32 Å². The van der Waals surface area contributed by atoms with Crippen molar-refractivity contribution in [2.75, 3.05) is 17.2 Å². The van der Waals surface area contributed by atoms with Crippen LogP contribution in [0.5, 0.6) is 0 Å². The number of rotatable bonds is 5. The summed E-state index contributed by atoms with van der Waals surface area (Å²) in [5.74, 6) is 1.35. The van der Waals surface area contributed by atoms with E-state index in [1.807, 2.05) is 36.4 Å². The van der Waals surface area contributed by atoms with Crippen LogP contribution in [0.15, 0.2) is 41.6 Å². The van der Waals surface area contributed by atoms with Crippen LogP contribution in [-0.4, -0.2) is 18.3 Å². The molecule has 0 bridgehead atoms. The zero-order chi connectivity index (χ0) is 19.1. The Labute approximate surface area is 162 Å². The van der Waals surface area contributed by atoms with Crippen molar-refractivity contribution in [3.8, 4) is 6.07 Å². The van der Waals surface area contributed by atoms with Crippen molar-refractivity contribution in [2.24, 2.45) is 11.1 Å². The third-order valence-corrected chi connectivity index (χ3v) is 5.27. The first-order valence-corrected chi connectivity index (χ1v) is 9.41. The third kappa shape index (κ3) is 3.14. The Kier molecular flexibility index (Phi) is 3.90. The normalized spacial score (nSPS) is 19.8.